The van der Waals surface area contributed by atoms with Crippen LogP contribution in [0.5, 0.6) is 0 Å². The van der Waals surface area contributed by atoms with Crippen molar-refractivity contribution in [2.24, 2.45) is 0 Å². The van der Waals surface area contributed by atoms with Crippen LogP contribution >= 0.6 is 0 Å². The van der Waals surface area contributed by atoms with Crippen molar-refractivity contribution in [2.75, 3.05) is 6.61 Å². The zero-order valence-corrected chi connectivity index (χ0v) is 19.2. The highest BCUT2D eigenvalue weighted by atomic mass is 16.7. The van der Waals surface area contributed by atoms with Crippen LogP contribution in [0.25, 0.3) is 0 Å². The molecule has 4 rings (SSSR count). The van der Waals surface area contributed by atoms with Crippen LogP contribution in [0.3, 0.4) is 0 Å². The number of hydrogen-bond donors (Lipinski definition) is 0. The van der Waals surface area contributed by atoms with E-state index in [2.05, 4.69) is 0 Å². The molecule has 0 bridgehead atoms. The standard InChI is InChI=1S/C28H30O6/c1-21(29)33-28-27(32-19-24-15-9-4-10-16-24)26(31-18-23-13-7-3-8-14-23)25(34-28)20-30-17-22-11-5-2-6-12-22/h2-16,25-28H,17-20H2,1H3/t25-,26-,27-,28+/m1/s1. The molecule has 3 aromatic carbocycles. The maximum Gasteiger partial charge on any atom is 0.305 e. The third kappa shape index (κ3) is 6.98. The molecule has 0 aromatic heterocycles. The summed E-state index contributed by atoms with van der Waals surface area (Å²) in [6.07, 6.45) is -2.42. The number of rotatable bonds is 11. The lowest BCUT2D eigenvalue weighted by molar-refractivity contribution is -0.195. The van der Waals surface area contributed by atoms with Gasteiger partial charge in [0.1, 0.15) is 18.3 Å². The van der Waals surface area contributed by atoms with Gasteiger partial charge in [0.15, 0.2) is 0 Å². The normalized spacial score (nSPS) is 21.9. The van der Waals surface area contributed by atoms with Gasteiger partial charge in [-0.1, -0.05) is 91.0 Å². The van der Waals surface area contributed by atoms with Gasteiger partial charge in [-0.15, -0.1) is 0 Å². The van der Waals surface area contributed by atoms with Crippen LogP contribution in [0.4, 0.5) is 0 Å². The fraction of sp³-hybridized carbons (Fsp3) is 0.321. The molecule has 6 heteroatoms. The van der Waals surface area contributed by atoms with Crippen molar-refractivity contribution in [2.45, 2.75) is 51.3 Å². The van der Waals surface area contributed by atoms with E-state index in [1.54, 1.807) is 0 Å². The molecule has 0 aliphatic carbocycles. The van der Waals surface area contributed by atoms with E-state index < -0.39 is 30.6 Å². The van der Waals surface area contributed by atoms with Gasteiger partial charge < -0.3 is 23.7 Å². The fourth-order valence-electron chi connectivity index (χ4n) is 3.86. The average molecular weight is 463 g/mol. The van der Waals surface area contributed by atoms with Crippen molar-refractivity contribution in [3.05, 3.63) is 108 Å². The lowest BCUT2D eigenvalue weighted by Crippen LogP contribution is -2.40. The second-order valence-corrected chi connectivity index (χ2v) is 8.18. The van der Waals surface area contributed by atoms with Crippen LogP contribution < -0.4 is 0 Å². The van der Waals surface area contributed by atoms with Crippen LogP contribution in [0.1, 0.15) is 23.6 Å². The smallest absolute Gasteiger partial charge is 0.305 e. The largest absolute Gasteiger partial charge is 0.433 e. The first-order valence-corrected chi connectivity index (χ1v) is 11.4. The van der Waals surface area contributed by atoms with Gasteiger partial charge in [0, 0.05) is 6.92 Å². The average Bonchev–Trinajstić information content (AvgIpc) is 3.18. The van der Waals surface area contributed by atoms with Gasteiger partial charge >= 0.3 is 5.97 Å². The molecular formula is C28H30O6. The molecule has 4 atom stereocenters. The Morgan fingerprint density at radius 2 is 1.18 bits per heavy atom. The number of ether oxygens (including phenoxy) is 5. The minimum atomic E-state index is -0.882. The van der Waals surface area contributed by atoms with Crippen LogP contribution in [-0.2, 0) is 48.3 Å². The number of carbonyl (C=O) groups is 1. The summed E-state index contributed by atoms with van der Waals surface area (Å²) in [6, 6.07) is 29.7. The Labute approximate surface area is 200 Å². The molecule has 1 fully saturated rings. The molecule has 1 aliphatic rings. The van der Waals surface area contributed by atoms with E-state index in [1.165, 1.54) is 6.92 Å². The van der Waals surface area contributed by atoms with Gasteiger partial charge in [-0.05, 0) is 16.7 Å². The van der Waals surface area contributed by atoms with Gasteiger partial charge in [0.25, 0.3) is 0 Å². The van der Waals surface area contributed by atoms with Gasteiger partial charge in [-0.2, -0.15) is 0 Å². The van der Waals surface area contributed by atoms with E-state index in [0.29, 0.717) is 19.8 Å². The van der Waals surface area contributed by atoms with Crippen molar-refractivity contribution < 1.29 is 28.5 Å². The maximum absolute atomic E-state index is 11.8. The van der Waals surface area contributed by atoms with Gasteiger partial charge in [-0.25, -0.2) is 0 Å². The third-order valence-electron chi connectivity index (χ3n) is 5.51. The summed E-state index contributed by atoms with van der Waals surface area (Å²) in [5.74, 6) is -0.439. The Kier molecular flexibility index (Phi) is 8.82. The highest BCUT2D eigenvalue weighted by Crippen LogP contribution is 2.30. The lowest BCUT2D eigenvalue weighted by atomic mass is 10.1. The molecule has 6 nitrogen and oxygen atoms in total. The molecule has 0 spiro atoms. The molecule has 0 radical (unpaired) electrons. The third-order valence-corrected chi connectivity index (χ3v) is 5.51. The van der Waals surface area contributed by atoms with Gasteiger partial charge in [0.05, 0.1) is 26.4 Å². The summed E-state index contributed by atoms with van der Waals surface area (Å²) < 4.78 is 30.0. The molecule has 0 amide bonds. The van der Waals surface area contributed by atoms with E-state index >= 15 is 0 Å². The number of carbonyl (C=O) groups excluding carboxylic acids is 1. The Morgan fingerprint density at radius 1 is 0.706 bits per heavy atom. The number of hydrogen-bond acceptors (Lipinski definition) is 6. The van der Waals surface area contributed by atoms with E-state index in [1.807, 2.05) is 91.0 Å². The minimum Gasteiger partial charge on any atom is -0.433 e. The molecule has 34 heavy (non-hydrogen) atoms. The summed E-state index contributed by atoms with van der Waals surface area (Å²) >= 11 is 0. The molecule has 1 saturated heterocycles. The molecule has 178 valence electrons. The summed E-state index contributed by atoms with van der Waals surface area (Å²) in [4.78, 5) is 11.8. The SMILES string of the molecule is CC(=O)O[C@H]1O[C@H](COCc2ccccc2)[C@@H](OCc2ccccc2)[C@H]1OCc1ccccc1. The molecular weight excluding hydrogens is 432 g/mol. The molecule has 3 aromatic rings. The van der Waals surface area contributed by atoms with Crippen molar-refractivity contribution in [1.82, 2.24) is 0 Å². The van der Waals surface area contributed by atoms with Crippen LogP contribution in [-0.4, -0.2) is 37.2 Å². The summed E-state index contributed by atoms with van der Waals surface area (Å²) in [5.41, 5.74) is 3.11. The van der Waals surface area contributed by atoms with Crippen LogP contribution in [0, 0.1) is 0 Å². The van der Waals surface area contributed by atoms with Crippen molar-refractivity contribution in [3.8, 4) is 0 Å². The second kappa shape index (κ2) is 12.4. The molecule has 0 N–H and O–H groups in total. The van der Waals surface area contributed by atoms with Crippen molar-refractivity contribution in [3.63, 3.8) is 0 Å². The van der Waals surface area contributed by atoms with E-state index in [0.717, 1.165) is 16.7 Å². The van der Waals surface area contributed by atoms with E-state index in [9.17, 15) is 4.79 Å². The van der Waals surface area contributed by atoms with Crippen LogP contribution in [0.2, 0.25) is 0 Å². The van der Waals surface area contributed by atoms with Crippen molar-refractivity contribution in [1.29, 1.82) is 0 Å². The fourth-order valence-corrected chi connectivity index (χ4v) is 3.86. The summed E-state index contributed by atoms with van der Waals surface area (Å²) in [5, 5.41) is 0. The van der Waals surface area contributed by atoms with Gasteiger partial charge in [-0.3, -0.25) is 4.79 Å². The zero-order chi connectivity index (χ0) is 23.6. The van der Waals surface area contributed by atoms with E-state index in [-0.39, 0.29) is 6.61 Å². The highest BCUT2D eigenvalue weighted by molar-refractivity contribution is 5.66. The topological polar surface area (TPSA) is 63.2 Å². The highest BCUT2D eigenvalue weighted by Gasteiger charge is 2.48. The Morgan fingerprint density at radius 3 is 1.68 bits per heavy atom. The Hall–Kier alpha value is -3.03. The Balaban J connectivity index is 1.47. The summed E-state index contributed by atoms with van der Waals surface area (Å²) in [7, 11) is 0. The first-order chi connectivity index (χ1) is 16.7. The first-order valence-electron chi connectivity index (χ1n) is 11.4. The predicted octanol–water partition coefficient (Wildman–Crippen LogP) is 4.66. The molecule has 1 aliphatic heterocycles. The zero-order valence-electron chi connectivity index (χ0n) is 19.2. The lowest BCUT2D eigenvalue weighted by Gasteiger charge is -2.24. The number of benzene rings is 3. The second-order valence-electron chi connectivity index (χ2n) is 8.18. The molecule has 0 unspecified atom stereocenters. The maximum atomic E-state index is 11.8. The quantitative estimate of drug-likeness (QED) is 0.386. The van der Waals surface area contributed by atoms with Crippen LogP contribution in [0.15, 0.2) is 91.0 Å². The number of esters is 1. The molecule has 0 saturated carbocycles. The monoisotopic (exact) mass is 462 g/mol. The Bertz CT molecular complexity index is 995. The summed E-state index contributed by atoms with van der Waals surface area (Å²) in [6.45, 7) is 2.80. The first kappa shape index (κ1) is 24.1. The predicted molar refractivity (Wildman–Crippen MR) is 127 cm³/mol. The molecule has 1 heterocycles. The van der Waals surface area contributed by atoms with E-state index in [4.69, 9.17) is 23.7 Å². The van der Waals surface area contributed by atoms with Gasteiger partial charge in [0.2, 0.25) is 6.29 Å². The minimum absolute atomic E-state index is 0.275. The van der Waals surface area contributed by atoms with Crippen molar-refractivity contribution >= 4 is 5.97 Å².